The van der Waals surface area contributed by atoms with Crippen LogP contribution in [0.2, 0.25) is 0 Å². The van der Waals surface area contributed by atoms with Crippen LogP contribution in [0.5, 0.6) is 0 Å². The van der Waals surface area contributed by atoms with Crippen LogP contribution in [0.1, 0.15) is 18.9 Å². The van der Waals surface area contributed by atoms with Crippen LogP contribution in [0.4, 0.5) is 0 Å². The molecule has 0 aliphatic rings. The van der Waals surface area contributed by atoms with E-state index in [0.717, 1.165) is 13.1 Å². The molecule has 0 aliphatic heterocycles. The van der Waals surface area contributed by atoms with Crippen molar-refractivity contribution in [3.05, 3.63) is 20.2 Å². The second kappa shape index (κ2) is 4.95. The molecule has 0 fully saturated rings. The van der Waals surface area contributed by atoms with E-state index in [1.807, 2.05) is 20.0 Å². The lowest BCUT2D eigenvalue weighted by Crippen LogP contribution is -2.12. The van der Waals surface area contributed by atoms with Gasteiger partial charge in [0, 0.05) is 4.47 Å². The first-order valence-electron chi connectivity index (χ1n) is 4.57. The van der Waals surface area contributed by atoms with Crippen LogP contribution in [0, 0.1) is 0 Å². The van der Waals surface area contributed by atoms with Gasteiger partial charge in [-0.3, -0.25) is 0 Å². The number of hydrogen-bond acceptors (Lipinski definition) is 5. The molecule has 0 spiro atoms. The zero-order chi connectivity index (χ0) is 11.7. The van der Waals surface area contributed by atoms with Crippen LogP contribution in [0.3, 0.4) is 0 Å². The molecule has 0 saturated heterocycles. The molecule has 16 heavy (non-hydrogen) atoms. The largest absolute Gasteiger partial charge is 0.418 e. The van der Waals surface area contributed by atoms with Crippen molar-refractivity contribution >= 4 is 43.2 Å². The highest BCUT2D eigenvalue weighted by atomic mass is 79.9. The lowest BCUT2D eigenvalue weighted by molar-refractivity contribution is 0.442. The van der Waals surface area contributed by atoms with Gasteiger partial charge < -0.3 is 9.73 Å². The molecule has 1 atom stereocenters. The van der Waals surface area contributed by atoms with Gasteiger partial charge in [0.15, 0.2) is 0 Å². The molecule has 7 heteroatoms. The van der Waals surface area contributed by atoms with Crippen LogP contribution < -0.4 is 5.32 Å². The molecule has 0 radical (unpaired) electrons. The molecule has 4 nitrogen and oxygen atoms in total. The van der Waals surface area contributed by atoms with Gasteiger partial charge in [0.25, 0.3) is 5.89 Å². The van der Waals surface area contributed by atoms with Crippen LogP contribution in [-0.2, 0) is 0 Å². The van der Waals surface area contributed by atoms with E-state index in [1.54, 1.807) is 11.3 Å². The second-order valence-electron chi connectivity index (χ2n) is 3.19. The van der Waals surface area contributed by atoms with Crippen molar-refractivity contribution in [1.29, 1.82) is 0 Å². The smallest absolute Gasteiger partial charge is 0.257 e. The Balaban J connectivity index is 2.31. The van der Waals surface area contributed by atoms with Crippen LogP contribution in [-0.4, -0.2) is 17.2 Å². The van der Waals surface area contributed by atoms with Gasteiger partial charge >= 0.3 is 0 Å². The maximum atomic E-state index is 5.57. The average molecular weight is 367 g/mol. The Labute approximate surface area is 114 Å². The zero-order valence-corrected chi connectivity index (χ0v) is 12.6. The first kappa shape index (κ1) is 12.2. The number of rotatable bonds is 3. The predicted octanol–water partition coefficient (Wildman–Crippen LogP) is 3.60. The Morgan fingerprint density at radius 1 is 1.44 bits per heavy atom. The van der Waals surface area contributed by atoms with E-state index in [-0.39, 0.29) is 6.04 Å². The van der Waals surface area contributed by atoms with Crippen molar-refractivity contribution in [3.63, 3.8) is 0 Å². The molecule has 1 unspecified atom stereocenters. The van der Waals surface area contributed by atoms with E-state index in [4.69, 9.17) is 4.42 Å². The van der Waals surface area contributed by atoms with Crippen molar-refractivity contribution in [2.24, 2.45) is 0 Å². The summed E-state index contributed by atoms with van der Waals surface area (Å²) in [6.07, 6.45) is 0. The number of nitrogens with one attached hydrogen (secondary N) is 1. The average Bonchev–Trinajstić information content (AvgIpc) is 2.86. The van der Waals surface area contributed by atoms with Crippen molar-refractivity contribution in [2.45, 2.75) is 13.0 Å². The normalized spacial score (nSPS) is 13.0. The van der Waals surface area contributed by atoms with E-state index in [2.05, 4.69) is 47.4 Å². The standard InChI is InChI=1S/C9H9Br2N3OS/c1-4(12-2)8-13-14-9(15-8)6-3-5(10)7(11)16-6/h3-4,12H,1-2H3. The summed E-state index contributed by atoms with van der Waals surface area (Å²) in [6, 6.07) is 2.02. The van der Waals surface area contributed by atoms with Crippen molar-refractivity contribution in [1.82, 2.24) is 15.5 Å². The zero-order valence-electron chi connectivity index (χ0n) is 8.62. The van der Waals surface area contributed by atoms with Crippen LogP contribution in [0.25, 0.3) is 10.8 Å². The number of aromatic nitrogens is 2. The minimum absolute atomic E-state index is 0.0630. The Kier molecular flexibility index (Phi) is 3.78. The fourth-order valence-electron chi connectivity index (χ4n) is 1.08. The maximum absolute atomic E-state index is 5.57. The molecule has 2 aromatic rings. The first-order valence-corrected chi connectivity index (χ1v) is 6.98. The molecule has 2 rings (SSSR count). The second-order valence-corrected chi connectivity index (χ2v) is 6.41. The molecule has 0 saturated carbocycles. The first-order chi connectivity index (χ1) is 7.61. The quantitative estimate of drug-likeness (QED) is 0.901. The van der Waals surface area contributed by atoms with Crippen molar-refractivity contribution in [3.8, 4) is 10.8 Å². The van der Waals surface area contributed by atoms with Gasteiger partial charge in [-0.25, -0.2) is 0 Å². The number of thiophene rings is 1. The Bertz CT molecular complexity index is 477. The highest BCUT2D eigenvalue weighted by Gasteiger charge is 2.15. The van der Waals surface area contributed by atoms with Gasteiger partial charge in [-0.2, -0.15) is 0 Å². The Morgan fingerprint density at radius 2 is 2.19 bits per heavy atom. The van der Waals surface area contributed by atoms with E-state index in [1.165, 1.54) is 0 Å². The summed E-state index contributed by atoms with van der Waals surface area (Å²) in [5.74, 6) is 1.15. The summed E-state index contributed by atoms with van der Waals surface area (Å²) < 4.78 is 7.59. The summed E-state index contributed by atoms with van der Waals surface area (Å²) in [6.45, 7) is 1.97. The molecule has 0 amide bonds. The Morgan fingerprint density at radius 3 is 2.75 bits per heavy atom. The lowest BCUT2D eigenvalue weighted by Gasteiger charge is -2.01. The summed E-state index contributed by atoms with van der Waals surface area (Å²) in [5, 5.41) is 11.1. The van der Waals surface area contributed by atoms with E-state index in [9.17, 15) is 0 Å². The third-order valence-electron chi connectivity index (χ3n) is 2.10. The molecule has 2 heterocycles. The number of nitrogens with zero attached hydrogens (tertiary/aromatic N) is 2. The third kappa shape index (κ3) is 2.37. The molecule has 1 N–H and O–H groups in total. The molecule has 2 aromatic heterocycles. The number of halogens is 2. The van der Waals surface area contributed by atoms with Crippen LogP contribution >= 0.6 is 43.2 Å². The highest BCUT2D eigenvalue weighted by Crippen LogP contribution is 2.37. The number of hydrogen-bond donors (Lipinski definition) is 1. The van der Waals surface area contributed by atoms with E-state index < -0.39 is 0 Å². The highest BCUT2D eigenvalue weighted by molar-refractivity contribution is 9.13. The summed E-state index contributed by atoms with van der Waals surface area (Å²) >= 11 is 8.41. The molecule has 86 valence electrons. The fraction of sp³-hybridized carbons (Fsp3) is 0.333. The maximum Gasteiger partial charge on any atom is 0.257 e. The van der Waals surface area contributed by atoms with E-state index >= 15 is 0 Å². The van der Waals surface area contributed by atoms with Gasteiger partial charge in [0.1, 0.15) is 0 Å². The van der Waals surface area contributed by atoms with Crippen molar-refractivity contribution < 1.29 is 4.42 Å². The molecule has 0 aliphatic carbocycles. The molecular weight excluding hydrogens is 358 g/mol. The molecule has 0 bridgehead atoms. The van der Waals surface area contributed by atoms with Gasteiger partial charge in [-0.1, -0.05) is 0 Å². The lowest BCUT2D eigenvalue weighted by atomic mass is 10.3. The monoisotopic (exact) mass is 365 g/mol. The summed E-state index contributed by atoms with van der Waals surface area (Å²) in [4.78, 5) is 0.945. The minimum Gasteiger partial charge on any atom is -0.418 e. The topological polar surface area (TPSA) is 51.0 Å². The van der Waals surface area contributed by atoms with Gasteiger partial charge in [0.05, 0.1) is 14.7 Å². The Hall–Kier alpha value is -0.240. The SMILES string of the molecule is CNC(C)c1nnc(-c2cc(Br)c(Br)s2)o1. The van der Waals surface area contributed by atoms with E-state index in [0.29, 0.717) is 11.8 Å². The summed E-state index contributed by atoms with van der Waals surface area (Å²) in [7, 11) is 1.85. The molecule has 0 aromatic carbocycles. The van der Waals surface area contributed by atoms with Gasteiger partial charge in [0.2, 0.25) is 5.89 Å². The molecular formula is C9H9Br2N3OS. The minimum atomic E-state index is 0.0630. The summed E-state index contributed by atoms with van der Waals surface area (Å²) in [5.41, 5.74) is 0. The van der Waals surface area contributed by atoms with Gasteiger partial charge in [-0.15, -0.1) is 21.5 Å². The van der Waals surface area contributed by atoms with Crippen LogP contribution in [0.15, 0.2) is 18.7 Å². The van der Waals surface area contributed by atoms with Gasteiger partial charge in [-0.05, 0) is 51.9 Å². The van der Waals surface area contributed by atoms with Crippen molar-refractivity contribution in [2.75, 3.05) is 7.05 Å². The third-order valence-corrected chi connectivity index (χ3v) is 5.34. The predicted molar refractivity (Wildman–Crippen MR) is 70.5 cm³/mol. The fourth-order valence-corrected chi connectivity index (χ4v) is 3.04.